The number of carbonyl (C=O) groups is 1. The summed E-state index contributed by atoms with van der Waals surface area (Å²) in [4.78, 5) is 14.7. The van der Waals surface area contributed by atoms with Crippen molar-refractivity contribution in [1.82, 2.24) is 15.1 Å². The summed E-state index contributed by atoms with van der Waals surface area (Å²) in [5, 5.41) is 12.1. The zero-order valence-corrected chi connectivity index (χ0v) is 13.7. The van der Waals surface area contributed by atoms with Crippen LogP contribution in [0.25, 0.3) is 0 Å². The van der Waals surface area contributed by atoms with Gasteiger partial charge >= 0.3 is 5.97 Å². The van der Waals surface area contributed by atoms with E-state index in [-0.39, 0.29) is 23.4 Å². The summed E-state index contributed by atoms with van der Waals surface area (Å²) in [6, 6.07) is 10.3. The molecule has 1 aliphatic rings. The fraction of sp³-hybridized carbons (Fsp3) is 0.400. The first-order valence-corrected chi connectivity index (χ1v) is 6.87. The molecule has 0 aromatic heterocycles. The molecule has 5 nitrogen and oxygen atoms in total. The lowest BCUT2D eigenvalue weighted by Crippen LogP contribution is -2.32. The van der Waals surface area contributed by atoms with Gasteiger partial charge in [-0.1, -0.05) is 30.3 Å². The lowest BCUT2D eigenvalue weighted by molar-refractivity contribution is -0.137. The fourth-order valence-corrected chi connectivity index (χ4v) is 2.10. The van der Waals surface area contributed by atoms with E-state index in [1.54, 1.807) is 0 Å². The zero-order chi connectivity index (χ0) is 14.2. The highest BCUT2D eigenvalue weighted by atomic mass is 79.9. The molecule has 0 amide bonds. The van der Waals surface area contributed by atoms with Gasteiger partial charge in [-0.2, -0.15) is 0 Å². The topological polar surface area (TPSA) is 55.8 Å². The first-order chi connectivity index (χ1) is 9.74. The van der Waals surface area contributed by atoms with E-state index in [2.05, 4.69) is 22.3 Å². The van der Waals surface area contributed by atoms with Gasteiger partial charge in [0.25, 0.3) is 0 Å². The quantitative estimate of drug-likeness (QED) is 0.697. The molecule has 0 atom stereocenters. The molecule has 0 fully saturated rings. The third-order valence-corrected chi connectivity index (χ3v) is 3.21. The third-order valence-electron chi connectivity index (χ3n) is 3.21. The molecule has 21 heavy (non-hydrogen) atoms. The maximum Gasteiger partial charge on any atom is 0.305 e. The average molecular weight is 356 g/mol. The highest BCUT2D eigenvalue weighted by molar-refractivity contribution is 8.93. The SMILES string of the molecule is Br.O=C(O)CCN1C=CN(CCNCc2ccccc2)C1. The van der Waals surface area contributed by atoms with Crippen LogP contribution in [0.1, 0.15) is 12.0 Å². The van der Waals surface area contributed by atoms with Gasteiger partial charge in [0.1, 0.15) is 0 Å². The second kappa shape index (κ2) is 9.41. The number of halogens is 1. The van der Waals surface area contributed by atoms with Crippen molar-refractivity contribution in [3.05, 3.63) is 48.3 Å². The van der Waals surface area contributed by atoms with Crippen LogP contribution in [-0.4, -0.2) is 47.2 Å². The molecule has 0 spiro atoms. The number of carboxylic acids is 1. The zero-order valence-electron chi connectivity index (χ0n) is 11.9. The van der Waals surface area contributed by atoms with Crippen LogP contribution in [0.15, 0.2) is 42.7 Å². The van der Waals surface area contributed by atoms with E-state index in [0.29, 0.717) is 6.54 Å². The third kappa shape index (κ3) is 6.64. The molecule has 0 radical (unpaired) electrons. The van der Waals surface area contributed by atoms with Gasteiger partial charge in [-0.15, -0.1) is 17.0 Å². The van der Waals surface area contributed by atoms with Crippen LogP contribution in [0.4, 0.5) is 0 Å². The molecule has 1 aromatic rings. The van der Waals surface area contributed by atoms with E-state index >= 15 is 0 Å². The van der Waals surface area contributed by atoms with Crippen LogP contribution >= 0.6 is 17.0 Å². The minimum absolute atomic E-state index is 0. The molecule has 0 bridgehead atoms. The van der Waals surface area contributed by atoms with Crippen molar-refractivity contribution in [2.75, 3.05) is 26.3 Å². The second-order valence-electron chi connectivity index (χ2n) is 4.87. The van der Waals surface area contributed by atoms with Gasteiger partial charge in [-0.25, -0.2) is 0 Å². The minimum Gasteiger partial charge on any atom is -0.481 e. The van der Waals surface area contributed by atoms with Gasteiger partial charge in [0, 0.05) is 38.6 Å². The number of hydrogen-bond acceptors (Lipinski definition) is 4. The monoisotopic (exact) mass is 355 g/mol. The van der Waals surface area contributed by atoms with Crippen LogP contribution in [0.3, 0.4) is 0 Å². The fourth-order valence-electron chi connectivity index (χ4n) is 2.10. The normalized spacial score (nSPS) is 13.3. The predicted octanol–water partition coefficient (Wildman–Crippen LogP) is 1.88. The Bertz CT molecular complexity index is 453. The molecule has 6 heteroatoms. The Morgan fingerprint density at radius 1 is 1.14 bits per heavy atom. The molecule has 2 rings (SSSR count). The van der Waals surface area contributed by atoms with Crippen molar-refractivity contribution in [2.24, 2.45) is 0 Å². The molecule has 1 aliphatic heterocycles. The van der Waals surface area contributed by atoms with E-state index in [1.165, 1.54) is 5.56 Å². The lowest BCUT2D eigenvalue weighted by atomic mass is 10.2. The Hall–Kier alpha value is -1.53. The highest BCUT2D eigenvalue weighted by Crippen LogP contribution is 2.06. The maximum absolute atomic E-state index is 10.5. The average Bonchev–Trinajstić information content (AvgIpc) is 2.90. The number of benzene rings is 1. The van der Waals surface area contributed by atoms with Gasteiger partial charge in [-0.3, -0.25) is 4.79 Å². The van der Waals surface area contributed by atoms with Crippen molar-refractivity contribution in [3.8, 4) is 0 Å². The number of aliphatic carboxylic acids is 1. The van der Waals surface area contributed by atoms with Gasteiger partial charge in [0.05, 0.1) is 13.1 Å². The summed E-state index contributed by atoms with van der Waals surface area (Å²) in [7, 11) is 0. The Morgan fingerprint density at radius 2 is 1.81 bits per heavy atom. The molecular weight excluding hydrogens is 334 g/mol. The maximum atomic E-state index is 10.5. The molecular formula is C15H22BrN3O2. The number of rotatable bonds is 8. The van der Waals surface area contributed by atoms with Crippen LogP contribution in [0.5, 0.6) is 0 Å². The predicted molar refractivity (Wildman–Crippen MR) is 88.1 cm³/mol. The summed E-state index contributed by atoms with van der Waals surface area (Å²) in [6.45, 7) is 4.06. The molecule has 1 heterocycles. The smallest absolute Gasteiger partial charge is 0.305 e. The Labute approximate surface area is 136 Å². The number of nitrogens with one attached hydrogen (secondary N) is 1. The van der Waals surface area contributed by atoms with Crippen molar-refractivity contribution in [2.45, 2.75) is 13.0 Å². The van der Waals surface area contributed by atoms with Gasteiger partial charge < -0.3 is 20.2 Å². The molecule has 0 saturated carbocycles. The van der Waals surface area contributed by atoms with Crippen LogP contribution in [0.2, 0.25) is 0 Å². The van der Waals surface area contributed by atoms with E-state index in [0.717, 1.165) is 26.3 Å². The number of carboxylic acid groups (broad SMARTS) is 1. The Morgan fingerprint density at radius 3 is 2.48 bits per heavy atom. The van der Waals surface area contributed by atoms with Crippen molar-refractivity contribution >= 4 is 23.0 Å². The van der Waals surface area contributed by atoms with Gasteiger partial charge in [0.2, 0.25) is 0 Å². The van der Waals surface area contributed by atoms with E-state index in [1.807, 2.05) is 35.5 Å². The molecule has 0 saturated heterocycles. The first kappa shape index (κ1) is 17.5. The lowest BCUT2D eigenvalue weighted by Gasteiger charge is -2.20. The number of nitrogens with zero attached hydrogens (tertiary/aromatic N) is 2. The summed E-state index contributed by atoms with van der Waals surface area (Å²) in [5.74, 6) is -0.749. The highest BCUT2D eigenvalue weighted by Gasteiger charge is 2.12. The Kier molecular flexibility index (Phi) is 7.85. The number of hydrogen-bond donors (Lipinski definition) is 2. The van der Waals surface area contributed by atoms with E-state index < -0.39 is 5.97 Å². The molecule has 2 N–H and O–H groups in total. The molecule has 1 aromatic carbocycles. The summed E-state index contributed by atoms with van der Waals surface area (Å²) in [5.41, 5.74) is 1.28. The van der Waals surface area contributed by atoms with Crippen LogP contribution < -0.4 is 5.32 Å². The Balaban J connectivity index is 0.00000220. The van der Waals surface area contributed by atoms with Crippen molar-refractivity contribution in [1.29, 1.82) is 0 Å². The van der Waals surface area contributed by atoms with Crippen molar-refractivity contribution < 1.29 is 9.90 Å². The van der Waals surface area contributed by atoms with Crippen LogP contribution in [0, 0.1) is 0 Å². The summed E-state index contributed by atoms with van der Waals surface area (Å²) >= 11 is 0. The van der Waals surface area contributed by atoms with Gasteiger partial charge in [-0.05, 0) is 5.56 Å². The largest absolute Gasteiger partial charge is 0.481 e. The molecule has 0 aliphatic carbocycles. The standard InChI is InChI=1S/C15H21N3O2.BrH/c19-15(20)6-8-17-10-11-18(13-17)9-7-16-12-14-4-2-1-3-5-14;/h1-5,10-11,16H,6-9,12-13H2,(H,19,20);1H. The summed E-state index contributed by atoms with van der Waals surface area (Å²) in [6.07, 6.45) is 4.16. The van der Waals surface area contributed by atoms with E-state index in [9.17, 15) is 4.79 Å². The minimum atomic E-state index is -0.749. The van der Waals surface area contributed by atoms with Crippen LogP contribution in [-0.2, 0) is 11.3 Å². The van der Waals surface area contributed by atoms with Gasteiger partial charge in [0.15, 0.2) is 0 Å². The summed E-state index contributed by atoms with van der Waals surface area (Å²) < 4.78 is 0. The molecule has 116 valence electrons. The van der Waals surface area contributed by atoms with Crippen molar-refractivity contribution in [3.63, 3.8) is 0 Å². The first-order valence-electron chi connectivity index (χ1n) is 6.87. The second-order valence-corrected chi connectivity index (χ2v) is 4.87. The van der Waals surface area contributed by atoms with E-state index in [4.69, 9.17) is 5.11 Å². The molecule has 0 unspecified atom stereocenters.